The Hall–Kier alpha value is -1.28. The molecule has 1 unspecified atom stereocenters. The van der Waals surface area contributed by atoms with E-state index in [1.165, 1.54) is 0 Å². The third-order valence-electron chi connectivity index (χ3n) is 4.17. The summed E-state index contributed by atoms with van der Waals surface area (Å²) < 4.78 is 0. The molecule has 1 fully saturated rings. The molecule has 1 saturated carbocycles. The van der Waals surface area contributed by atoms with Crippen LogP contribution in [0, 0.1) is 0 Å². The second-order valence-corrected chi connectivity index (χ2v) is 6.90. The second kappa shape index (κ2) is 9.88. The molecule has 3 atom stereocenters. The van der Waals surface area contributed by atoms with E-state index in [9.17, 15) is 5.11 Å². The van der Waals surface area contributed by atoms with Crippen LogP contribution in [0.2, 0.25) is 0 Å². The van der Waals surface area contributed by atoms with Crippen LogP contribution in [-0.4, -0.2) is 53.8 Å². The standard InChI is InChI=1S/C17H28N4O2S/c1-24-16-9-5-4-8-15(16)21-17(19-10-12(23)11-22)20-14-7-3-2-6-13(14)18/h4-5,8-9,12-14,22-23H,2-3,6-7,10-11,18H2,1H3,(H2,19,20,21)/t12?,13-,14-/m0/s1. The summed E-state index contributed by atoms with van der Waals surface area (Å²) in [7, 11) is 0. The van der Waals surface area contributed by atoms with Crippen molar-refractivity contribution in [3.05, 3.63) is 24.3 Å². The third kappa shape index (κ3) is 5.66. The summed E-state index contributed by atoms with van der Waals surface area (Å²) in [4.78, 5) is 5.53. The quantitative estimate of drug-likeness (QED) is 0.301. The van der Waals surface area contributed by atoms with E-state index in [2.05, 4.69) is 15.6 Å². The number of hydrogen-bond acceptors (Lipinski definition) is 5. The lowest BCUT2D eigenvalue weighted by atomic mass is 9.91. The van der Waals surface area contributed by atoms with Crippen LogP contribution in [0.25, 0.3) is 0 Å². The van der Waals surface area contributed by atoms with Crippen molar-refractivity contribution in [2.45, 2.75) is 48.8 Å². The van der Waals surface area contributed by atoms with Crippen LogP contribution >= 0.6 is 11.8 Å². The highest BCUT2D eigenvalue weighted by Crippen LogP contribution is 2.24. The normalized spacial score (nSPS) is 22.9. The zero-order valence-electron chi connectivity index (χ0n) is 14.1. The number of rotatable bonds is 6. The first-order valence-corrected chi connectivity index (χ1v) is 9.62. The second-order valence-electron chi connectivity index (χ2n) is 6.05. The fourth-order valence-electron chi connectivity index (χ4n) is 2.77. The van der Waals surface area contributed by atoms with E-state index in [1.54, 1.807) is 11.8 Å². The number of nitrogens with zero attached hydrogens (tertiary/aromatic N) is 1. The molecule has 0 saturated heterocycles. The van der Waals surface area contributed by atoms with Crippen LogP contribution in [0.15, 0.2) is 34.2 Å². The Bertz CT molecular complexity index is 541. The molecule has 0 aromatic heterocycles. The number of aliphatic hydroxyl groups is 2. The van der Waals surface area contributed by atoms with Crippen LogP contribution in [0.4, 0.5) is 5.69 Å². The van der Waals surface area contributed by atoms with Gasteiger partial charge in [0, 0.05) is 17.0 Å². The molecule has 1 aromatic carbocycles. The highest BCUT2D eigenvalue weighted by Gasteiger charge is 2.23. The van der Waals surface area contributed by atoms with E-state index in [0.29, 0.717) is 5.96 Å². The summed E-state index contributed by atoms with van der Waals surface area (Å²) in [5.74, 6) is 0.589. The Morgan fingerprint density at radius 2 is 2.12 bits per heavy atom. The number of nitrogens with two attached hydrogens (primary N) is 1. The number of anilines is 1. The van der Waals surface area contributed by atoms with Gasteiger partial charge in [0.05, 0.1) is 24.9 Å². The van der Waals surface area contributed by atoms with Crippen molar-refractivity contribution in [1.82, 2.24) is 5.32 Å². The molecule has 7 heteroatoms. The van der Waals surface area contributed by atoms with Crippen molar-refractivity contribution >= 4 is 23.4 Å². The fourth-order valence-corrected chi connectivity index (χ4v) is 3.32. The minimum Gasteiger partial charge on any atom is -0.394 e. The molecule has 0 heterocycles. The molecule has 2 rings (SSSR count). The van der Waals surface area contributed by atoms with Crippen LogP contribution in [0.1, 0.15) is 25.7 Å². The molecular weight excluding hydrogens is 324 g/mol. The van der Waals surface area contributed by atoms with Gasteiger partial charge in [0.15, 0.2) is 5.96 Å². The minimum atomic E-state index is -0.862. The van der Waals surface area contributed by atoms with Gasteiger partial charge < -0.3 is 26.6 Å². The summed E-state index contributed by atoms with van der Waals surface area (Å²) in [6.45, 7) is -0.170. The molecule has 0 aliphatic heterocycles. The lowest BCUT2D eigenvalue weighted by molar-refractivity contribution is 0.102. The van der Waals surface area contributed by atoms with Gasteiger partial charge >= 0.3 is 0 Å². The maximum Gasteiger partial charge on any atom is 0.196 e. The number of aliphatic imine (C=N–C) groups is 1. The number of hydrogen-bond donors (Lipinski definition) is 5. The van der Waals surface area contributed by atoms with Crippen molar-refractivity contribution in [3.63, 3.8) is 0 Å². The molecule has 0 radical (unpaired) electrons. The highest BCUT2D eigenvalue weighted by molar-refractivity contribution is 7.98. The average molecular weight is 353 g/mol. The number of para-hydroxylation sites is 1. The Morgan fingerprint density at radius 3 is 2.83 bits per heavy atom. The summed E-state index contributed by atoms with van der Waals surface area (Å²) in [6.07, 6.45) is 5.49. The highest BCUT2D eigenvalue weighted by atomic mass is 32.2. The zero-order valence-corrected chi connectivity index (χ0v) is 14.9. The predicted octanol–water partition coefficient (Wildman–Crippen LogP) is 1.39. The van der Waals surface area contributed by atoms with Crippen molar-refractivity contribution in [1.29, 1.82) is 0 Å². The lowest BCUT2D eigenvalue weighted by Gasteiger charge is -2.31. The first-order valence-electron chi connectivity index (χ1n) is 8.39. The Morgan fingerprint density at radius 1 is 1.38 bits per heavy atom. The first kappa shape index (κ1) is 19.1. The van der Waals surface area contributed by atoms with Gasteiger partial charge in [-0.2, -0.15) is 0 Å². The van der Waals surface area contributed by atoms with Crippen molar-refractivity contribution < 1.29 is 10.2 Å². The van der Waals surface area contributed by atoms with Crippen LogP contribution in [0.3, 0.4) is 0 Å². The van der Waals surface area contributed by atoms with E-state index in [4.69, 9.17) is 10.8 Å². The molecule has 6 N–H and O–H groups in total. The average Bonchev–Trinajstić information content (AvgIpc) is 2.61. The van der Waals surface area contributed by atoms with Crippen molar-refractivity contribution in [2.24, 2.45) is 10.7 Å². The first-order chi connectivity index (χ1) is 11.6. The molecule has 6 nitrogen and oxygen atoms in total. The number of guanidine groups is 1. The largest absolute Gasteiger partial charge is 0.394 e. The van der Waals surface area contributed by atoms with Crippen LogP contribution < -0.4 is 16.4 Å². The lowest BCUT2D eigenvalue weighted by Crippen LogP contribution is -2.51. The Labute approximate surface area is 147 Å². The molecular formula is C17H28N4O2S. The molecule has 0 bridgehead atoms. The number of benzene rings is 1. The molecule has 1 aliphatic carbocycles. The van der Waals surface area contributed by atoms with Crippen molar-refractivity contribution in [2.75, 3.05) is 24.7 Å². The van der Waals surface area contributed by atoms with Gasteiger partial charge in [0.1, 0.15) is 0 Å². The molecule has 1 aliphatic rings. The predicted molar refractivity (Wildman–Crippen MR) is 101 cm³/mol. The van der Waals surface area contributed by atoms with E-state index >= 15 is 0 Å². The molecule has 0 spiro atoms. The number of aliphatic hydroxyl groups excluding tert-OH is 2. The summed E-state index contributed by atoms with van der Waals surface area (Å²) >= 11 is 1.65. The summed E-state index contributed by atoms with van der Waals surface area (Å²) in [5.41, 5.74) is 7.18. The van der Waals surface area contributed by atoms with Gasteiger partial charge in [-0.1, -0.05) is 25.0 Å². The maximum atomic E-state index is 9.59. The van der Waals surface area contributed by atoms with Gasteiger partial charge in [-0.3, -0.25) is 4.99 Å². The molecule has 134 valence electrons. The molecule has 24 heavy (non-hydrogen) atoms. The zero-order chi connectivity index (χ0) is 17.4. The fraction of sp³-hybridized carbons (Fsp3) is 0.588. The van der Waals surface area contributed by atoms with Gasteiger partial charge in [0.25, 0.3) is 0 Å². The van der Waals surface area contributed by atoms with Gasteiger partial charge in [-0.15, -0.1) is 11.8 Å². The maximum absolute atomic E-state index is 9.59. The molecule has 1 aromatic rings. The van der Waals surface area contributed by atoms with E-state index in [1.807, 2.05) is 30.5 Å². The topological polar surface area (TPSA) is 103 Å². The van der Waals surface area contributed by atoms with Gasteiger partial charge in [-0.05, 0) is 31.2 Å². The smallest absolute Gasteiger partial charge is 0.196 e. The van der Waals surface area contributed by atoms with E-state index in [0.717, 1.165) is 36.3 Å². The number of thioether (sulfide) groups is 1. The summed E-state index contributed by atoms with van der Waals surface area (Å²) in [6, 6.07) is 8.26. The van der Waals surface area contributed by atoms with Gasteiger partial charge in [-0.25, -0.2) is 0 Å². The Kier molecular flexibility index (Phi) is 7.84. The number of nitrogens with one attached hydrogen (secondary N) is 2. The Balaban J connectivity index is 2.12. The third-order valence-corrected chi connectivity index (χ3v) is 4.97. The van der Waals surface area contributed by atoms with Crippen molar-refractivity contribution in [3.8, 4) is 0 Å². The SMILES string of the molecule is CSc1ccccc1NC(=NCC(O)CO)N[C@H]1CCCC[C@@H]1N. The van der Waals surface area contributed by atoms with Gasteiger partial charge in [0.2, 0.25) is 0 Å². The van der Waals surface area contributed by atoms with E-state index < -0.39 is 6.10 Å². The summed E-state index contributed by atoms with van der Waals surface area (Å²) in [5, 5.41) is 25.3. The van der Waals surface area contributed by atoms with E-state index in [-0.39, 0.29) is 25.2 Å². The van der Waals surface area contributed by atoms with Crippen LogP contribution in [0.5, 0.6) is 0 Å². The van der Waals surface area contributed by atoms with Crippen LogP contribution in [-0.2, 0) is 0 Å². The molecule has 0 amide bonds. The monoisotopic (exact) mass is 352 g/mol. The minimum absolute atomic E-state index is 0.101.